The molecule has 12 rings (SSSR count). The smallest absolute Gasteiger partial charge is 0.335 e. The Kier molecular flexibility index (Phi) is 8.02. The van der Waals surface area contributed by atoms with Gasteiger partial charge >= 0.3 is 11.9 Å². The van der Waals surface area contributed by atoms with Crippen LogP contribution in [0.5, 0.6) is 28.7 Å². The molecule has 0 aliphatic carbocycles. The zero-order valence-corrected chi connectivity index (χ0v) is 33.0. The Morgan fingerprint density at radius 3 is 2.66 bits per heavy atom. The lowest BCUT2D eigenvalue weighted by molar-refractivity contribution is -0.161. The molecule has 0 saturated carbocycles. The maximum Gasteiger partial charge on any atom is 0.335 e. The summed E-state index contributed by atoms with van der Waals surface area (Å²) in [6, 6.07) is 8.09. The number of aliphatic hydroxyl groups is 1. The lowest BCUT2D eigenvalue weighted by atomic mass is 9.76. The summed E-state index contributed by atoms with van der Waals surface area (Å²) >= 11 is 1.55. The van der Waals surface area contributed by atoms with Crippen LogP contribution in [0.2, 0.25) is 0 Å². The Morgan fingerprint density at radius 2 is 1.89 bits per heavy atom. The van der Waals surface area contributed by atoms with Gasteiger partial charge in [0.1, 0.15) is 23.7 Å². The first-order valence-corrected chi connectivity index (χ1v) is 20.2. The fourth-order valence-electron chi connectivity index (χ4n) is 11.1. The largest absolute Gasteiger partial charge is 0.504 e. The minimum absolute atomic E-state index is 0.00862. The van der Waals surface area contributed by atoms with Gasteiger partial charge in [-0.15, -0.1) is 11.8 Å². The van der Waals surface area contributed by atoms with Gasteiger partial charge in [0.05, 0.1) is 31.1 Å². The number of thioether (sulfide) groups is 1. The van der Waals surface area contributed by atoms with E-state index in [0.717, 1.165) is 38.8 Å². The number of fused-ring (bicyclic) bond motifs is 8. The maximum absolute atomic E-state index is 15.0. The molecule has 4 bridgehead atoms. The van der Waals surface area contributed by atoms with Crippen molar-refractivity contribution >= 4 is 34.7 Å². The van der Waals surface area contributed by atoms with Gasteiger partial charge in [-0.3, -0.25) is 19.9 Å². The molecule has 1 spiro atoms. The van der Waals surface area contributed by atoms with Crippen LogP contribution in [-0.2, 0) is 32.7 Å². The highest BCUT2D eigenvalue weighted by molar-refractivity contribution is 7.99. The molecule has 2 fully saturated rings. The van der Waals surface area contributed by atoms with Gasteiger partial charge < -0.3 is 38.3 Å². The van der Waals surface area contributed by atoms with Gasteiger partial charge in [0, 0.05) is 70.0 Å². The number of nitrogens with zero attached hydrogens (tertiary/aromatic N) is 2. The van der Waals surface area contributed by atoms with Crippen molar-refractivity contribution in [1.82, 2.24) is 15.1 Å². The van der Waals surface area contributed by atoms with Crippen molar-refractivity contribution < 1.29 is 47.9 Å². The molecule has 294 valence electrons. The quantitative estimate of drug-likeness (QED) is 0.191. The van der Waals surface area contributed by atoms with Gasteiger partial charge in [-0.05, 0) is 57.9 Å². The lowest BCUT2D eigenvalue weighted by Crippen LogP contribution is -2.69. The van der Waals surface area contributed by atoms with Crippen LogP contribution in [0.4, 0.5) is 0 Å². The molecular formula is C42H45N3O10S. The van der Waals surface area contributed by atoms with E-state index in [0.29, 0.717) is 59.3 Å². The highest BCUT2D eigenvalue weighted by atomic mass is 32.2. The molecule has 4 unspecified atom stereocenters. The molecule has 9 heterocycles. The number of rotatable bonds is 3. The summed E-state index contributed by atoms with van der Waals surface area (Å²) in [4.78, 5) is 32.8. The number of carbonyl (C=O) groups excluding carboxylic acids is 2. The van der Waals surface area contributed by atoms with E-state index in [2.05, 4.69) is 35.2 Å². The molecule has 13 nitrogen and oxygen atoms in total. The van der Waals surface area contributed by atoms with E-state index in [1.54, 1.807) is 18.9 Å². The number of ether oxygens (including phenoxy) is 5. The van der Waals surface area contributed by atoms with E-state index in [4.69, 9.17) is 28.1 Å². The van der Waals surface area contributed by atoms with Crippen LogP contribution < -0.4 is 24.3 Å². The number of hydrogen-bond acceptors (Lipinski definition) is 14. The average Bonchev–Trinajstić information content (AvgIpc) is 3.76. The molecule has 1 aromatic heterocycles. The summed E-state index contributed by atoms with van der Waals surface area (Å²) in [6.45, 7) is 7.81. The van der Waals surface area contributed by atoms with Crippen molar-refractivity contribution in [1.29, 1.82) is 0 Å². The van der Waals surface area contributed by atoms with Crippen LogP contribution in [-0.4, -0.2) is 96.0 Å². The second-order valence-electron chi connectivity index (χ2n) is 16.4. The number of phenols is 1. The van der Waals surface area contributed by atoms with Crippen molar-refractivity contribution in [2.75, 3.05) is 46.5 Å². The third-order valence-electron chi connectivity index (χ3n) is 13.0. The Hall–Kier alpha value is -4.47. The van der Waals surface area contributed by atoms with Gasteiger partial charge in [-0.1, -0.05) is 24.3 Å². The fourth-order valence-corrected chi connectivity index (χ4v) is 12.7. The summed E-state index contributed by atoms with van der Waals surface area (Å²) in [5.41, 5.74) is 4.35. The summed E-state index contributed by atoms with van der Waals surface area (Å²) in [5.74, 6) is 1.64. The third-order valence-corrected chi connectivity index (χ3v) is 14.4. The first kappa shape index (κ1) is 35.9. The molecule has 2 saturated heterocycles. The van der Waals surface area contributed by atoms with Crippen molar-refractivity contribution in [2.24, 2.45) is 0 Å². The number of para-hydroxylation sites is 1. The highest BCUT2D eigenvalue weighted by Crippen LogP contribution is 2.65. The van der Waals surface area contributed by atoms with Crippen molar-refractivity contribution in [3.05, 3.63) is 75.0 Å². The Bertz CT molecular complexity index is 2360. The minimum atomic E-state index is -1.47. The molecule has 56 heavy (non-hydrogen) atoms. The van der Waals surface area contributed by atoms with E-state index < -0.39 is 40.4 Å². The fraction of sp³-hybridized carbons (Fsp3) is 0.476. The van der Waals surface area contributed by atoms with Gasteiger partial charge in [0.2, 0.25) is 6.79 Å². The number of carbonyl (C=O) groups is 2. The first-order chi connectivity index (χ1) is 26.9. The van der Waals surface area contributed by atoms with Gasteiger partial charge in [-0.25, -0.2) is 4.79 Å². The topological polar surface area (TPSA) is 152 Å². The maximum atomic E-state index is 15.0. The molecule has 0 radical (unpaired) electrons. The predicted octanol–water partition coefficient (Wildman–Crippen LogP) is 4.88. The average molecular weight is 784 g/mol. The normalized spacial score (nSPS) is 31.3. The Morgan fingerprint density at radius 1 is 1.11 bits per heavy atom. The molecule has 4 aromatic rings. The van der Waals surface area contributed by atoms with Crippen LogP contribution in [0.3, 0.4) is 0 Å². The number of piperazine rings is 1. The van der Waals surface area contributed by atoms with Crippen LogP contribution in [0.15, 0.2) is 34.7 Å². The number of nitrogens with one attached hydrogen (secondary N) is 1. The van der Waals surface area contributed by atoms with E-state index >= 15 is 4.79 Å². The standard InChI is InChI=1S/C42H45N3O10S/c1-19-11-22-13-41(4)16-44(5)31(28(22)33(48)34(19)50-6)32-38-30-29(37-36(52-18-53-37)20(2)35(30)54-21(3)47)26(45(32)41)15-51-40(49)42(17-56-38)39-25(12-23(14-46)43-42)24-9-7-8-10-27(24)55-39/h7-11,23,26,31-32,38,43,46,48H,12-18H2,1-6H3/t23-,26?,31?,32-,38-,41?,42-/m1/s1. The molecule has 14 heteroatoms. The molecular weight excluding hydrogens is 739 g/mol. The lowest BCUT2D eigenvalue weighted by Gasteiger charge is -2.61. The number of phenolic OH excluding ortho intramolecular Hbond substituents is 1. The number of hydrogen-bond donors (Lipinski definition) is 3. The SMILES string of the molecule is COc1c(C)cc2c(c1O)C1[C@@H]3[C@@H]4SC[C@]5(N[C@@H](CO)Cc6c5oc5ccccc65)C(=O)OCC(c5c6c(c(C)c(OC(C)=O)c54)OCO6)N3C(C)(C2)CN1C. The van der Waals surface area contributed by atoms with E-state index in [-0.39, 0.29) is 43.6 Å². The van der Waals surface area contributed by atoms with E-state index in [1.807, 2.05) is 38.1 Å². The zero-order chi connectivity index (χ0) is 39.0. The zero-order valence-electron chi connectivity index (χ0n) is 32.2. The van der Waals surface area contributed by atoms with E-state index in [9.17, 15) is 15.0 Å². The monoisotopic (exact) mass is 783 g/mol. The number of aliphatic hydroxyl groups excluding tert-OH is 1. The second-order valence-corrected chi connectivity index (χ2v) is 17.5. The Labute approximate surface area is 328 Å². The number of aryl methyl sites for hydroxylation is 1. The molecule has 3 aromatic carbocycles. The molecule has 3 N–H and O–H groups in total. The van der Waals surface area contributed by atoms with Crippen LogP contribution >= 0.6 is 11.8 Å². The third kappa shape index (κ3) is 4.76. The number of furan rings is 1. The number of methoxy groups -OCH3 is 1. The van der Waals surface area contributed by atoms with Crippen LogP contribution in [0, 0.1) is 13.8 Å². The highest BCUT2D eigenvalue weighted by Gasteiger charge is 2.63. The van der Waals surface area contributed by atoms with Crippen molar-refractivity contribution in [3.8, 4) is 28.7 Å². The molecule has 8 aliphatic rings. The summed E-state index contributed by atoms with van der Waals surface area (Å²) in [7, 11) is 3.67. The van der Waals surface area contributed by atoms with Crippen LogP contribution in [0.25, 0.3) is 11.0 Å². The second kappa shape index (κ2) is 12.5. The minimum Gasteiger partial charge on any atom is -0.504 e. The molecule has 0 amide bonds. The number of likely N-dealkylation sites (N-methyl/N-ethyl adjacent to an activating group) is 1. The van der Waals surface area contributed by atoms with Crippen LogP contribution in [0.1, 0.15) is 75.9 Å². The summed E-state index contributed by atoms with van der Waals surface area (Å²) in [5, 5.41) is 26.7. The number of esters is 2. The Balaban J connectivity index is 1.26. The van der Waals surface area contributed by atoms with Gasteiger partial charge in [-0.2, -0.15) is 0 Å². The van der Waals surface area contributed by atoms with Gasteiger partial charge in [0.25, 0.3) is 0 Å². The molecule has 8 aliphatic heterocycles. The summed E-state index contributed by atoms with van der Waals surface area (Å²) in [6.07, 6.45) is 1.07. The van der Waals surface area contributed by atoms with E-state index in [1.165, 1.54) is 6.92 Å². The molecule has 8 atom stereocenters. The summed E-state index contributed by atoms with van der Waals surface area (Å²) < 4.78 is 37.6. The van der Waals surface area contributed by atoms with Crippen molar-refractivity contribution in [3.63, 3.8) is 0 Å². The van der Waals surface area contributed by atoms with Gasteiger partial charge in [0.15, 0.2) is 28.5 Å². The first-order valence-electron chi connectivity index (χ1n) is 19.1. The number of benzene rings is 3. The number of aromatic hydroxyl groups is 1. The predicted molar refractivity (Wildman–Crippen MR) is 206 cm³/mol. The van der Waals surface area contributed by atoms with Crippen molar-refractivity contribution in [2.45, 2.75) is 81.0 Å².